The summed E-state index contributed by atoms with van der Waals surface area (Å²) in [5, 5.41) is 20.4. The summed E-state index contributed by atoms with van der Waals surface area (Å²) in [5.41, 5.74) is -1.84. The summed E-state index contributed by atoms with van der Waals surface area (Å²) >= 11 is 10.5. The van der Waals surface area contributed by atoms with Gasteiger partial charge in [0.2, 0.25) is 5.78 Å². The number of carbonyl (C=O) groups is 1. The van der Waals surface area contributed by atoms with Crippen LogP contribution in [-0.2, 0) is 25.0 Å². The number of allylic oxidation sites excluding steroid dienone is 2. The van der Waals surface area contributed by atoms with E-state index in [4.69, 9.17) is 27.2 Å². The van der Waals surface area contributed by atoms with Gasteiger partial charge in [0.1, 0.15) is 18.3 Å². The zero-order valence-corrected chi connectivity index (χ0v) is 20.2. The molecule has 3 unspecified atom stereocenters. The van der Waals surface area contributed by atoms with Gasteiger partial charge in [-0.1, -0.05) is 11.6 Å². The SMILES string of the molecule is CC(C)=CCC(Cc1cn([C@@H]2O[C@H](COP(=O)(Cl)Cl)C(O)C2O)c(=O)[nH]c1=O)C(=O)C(F)(F)F. The minimum atomic E-state index is -5.15. The molecule has 2 rings (SSSR count). The molecule has 1 aromatic heterocycles. The molecule has 1 aromatic rings. The number of nitrogens with one attached hydrogen (secondary N) is 1. The number of hydrogen-bond donors (Lipinski definition) is 3. The molecule has 34 heavy (non-hydrogen) atoms. The van der Waals surface area contributed by atoms with Crippen LogP contribution in [0.1, 0.15) is 32.1 Å². The van der Waals surface area contributed by atoms with Crippen LogP contribution in [0.15, 0.2) is 27.4 Å². The highest BCUT2D eigenvalue weighted by Crippen LogP contribution is 2.57. The predicted octanol–water partition coefficient (Wildman–Crippen LogP) is 2.40. The smallest absolute Gasteiger partial charge is 0.387 e. The van der Waals surface area contributed by atoms with Crippen LogP contribution >= 0.6 is 28.6 Å². The number of rotatable bonds is 9. The molecule has 192 valence electrons. The van der Waals surface area contributed by atoms with Gasteiger partial charge in [-0.25, -0.2) is 4.79 Å². The van der Waals surface area contributed by atoms with Gasteiger partial charge in [0.25, 0.3) is 5.56 Å². The maximum atomic E-state index is 13.1. The number of aromatic amines is 1. The van der Waals surface area contributed by atoms with E-state index in [1.165, 1.54) is 6.08 Å². The highest BCUT2D eigenvalue weighted by molar-refractivity contribution is 8.05. The number of Topliss-reactive ketones (excluding diaryl/α,β-unsaturated/α-hetero) is 1. The Balaban J connectivity index is 2.37. The average molecular weight is 553 g/mol. The van der Waals surface area contributed by atoms with E-state index in [0.29, 0.717) is 10.1 Å². The van der Waals surface area contributed by atoms with Crippen LogP contribution in [0.25, 0.3) is 0 Å². The summed E-state index contributed by atoms with van der Waals surface area (Å²) in [4.78, 5) is 38.4. The monoisotopic (exact) mass is 552 g/mol. The molecule has 10 nitrogen and oxygen atoms in total. The zero-order valence-electron chi connectivity index (χ0n) is 17.8. The molecule has 3 N–H and O–H groups in total. The van der Waals surface area contributed by atoms with Crippen LogP contribution in [0.2, 0.25) is 0 Å². The lowest BCUT2D eigenvalue weighted by Crippen LogP contribution is -2.40. The molecule has 1 aliphatic rings. The first kappa shape index (κ1) is 28.8. The second kappa shape index (κ2) is 11.1. The van der Waals surface area contributed by atoms with Crippen LogP contribution < -0.4 is 11.2 Å². The molecular formula is C18H22Cl2F3N2O8P. The fraction of sp³-hybridized carbons (Fsp3) is 0.611. The minimum absolute atomic E-state index is 0.309. The Bertz CT molecular complexity index is 1100. The van der Waals surface area contributed by atoms with Crippen LogP contribution in [0.3, 0.4) is 0 Å². The zero-order chi connectivity index (χ0) is 26.0. The third-order valence-electron chi connectivity index (χ3n) is 4.97. The molecule has 0 saturated carbocycles. The van der Waals surface area contributed by atoms with E-state index in [2.05, 4.69) is 4.52 Å². The topological polar surface area (TPSA) is 148 Å². The van der Waals surface area contributed by atoms with Gasteiger partial charge < -0.3 is 19.5 Å². The molecule has 0 aromatic carbocycles. The number of nitrogens with zero attached hydrogens (tertiary/aromatic N) is 1. The van der Waals surface area contributed by atoms with Crippen LogP contribution in [0.5, 0.6) is 0 Å². The van der Waals surface area contributed by atoms with Gasteiger partial charge in [-0.05, 0) is 49.2 Å². The number of hydrogen-bond acceptors (Lipinski definition) is 8. The van der Waals surface area contributed by atoms with Gasteiger partial charge in [-0.2, -0.15) is 13.2 Å². The van der Waals surface area contributed by atoms with Crippen molar-refractivity contribution in [1.82, 2.24) is 9.55 Å². The van der Waals surface area contributed by atoms with Gasteiger partial charge in [0.15, 0.2) is 6.23 Å². The largest absolute Gasteiger partial charge is 0.450 e. The second-order valence-corrected chi connectivity index (χ2v) is 12.1. The number of alkyl halides is 3. The van der Waals surface area contributed by atoms with E-state index in [1.807, 2.05) is 4.98 Å². The van der Waals surface area contributed by atoms with Gasteiger partial charge in [0.05, 0.1) is 6.61 Å². The maximum Gasteiger partial charge on any atom is 0.450 e. The molecule has 2 heterocycles. The first-order valence-corrected chi connectivity index (χ1v) is 13.2. The van der Waals surface area contributed by atoms with E-state index in [-0.39, 0.29) is 12.0 Å². The summed E-state index contributed by atoms with van der Waals surface area (Å²) < 4.78 is 61.1. The predicted molar refractivity (Wildman–Crippen MR) is 115 cm³/mol. The molecule has 1 saturated heterocycles. The number of halogens is 5. The highest BCUT2D eigenvalue weighted by atomic mass is 35.9. The van der Waals surface area contributed by atoms with Gasteiger partial charge >= 0.3 is 17.9 Å². The maximum absolute atomic E-state index is 13.1. The molecule has 0 aliphatic carbocycles. The number of ketones is 1. The normalized spacial score (nSPS) is 24.1. The van der Waals surface area contributed by atoms with E-state index < -0.39 is 72.8 Å². The second-order valence-electron chi connectivity index (χ2n) is 7.86. The number of carbonyl (C=O) groups excluding carboxylic acids is 1. The summed E-state index contributed by atoms with van der Waals surface area (Å²) in [6.07, 6.45) is -14.2. The van der Waals surface area contributed by atoms with E-state index in [1.54, 1.807) is 13.8 Å². The van der Waals surface area contributed by atoms with Gasteiger partial charge in [-0.15, -0.1) is 0 Å². The molecule has 0 bridgehead atoms. The minimum Gasteiger partial charge on any atom is -0.387 e. The summed E-state index contributed by atoms with van der Waals surface area (Å²) in [7, 11) is 0. The van der Waals surface area contributed by atoms with Crippen LogP contribution in [0.4, 0.5) is 13.2 Å². The van der Waals surface area contributed by atoms with Crippen molar-refractivity contribution in [2.45, 2.75) is 57.4 Å². The lowest BCUT2D eigenvalue weighted by atomic mass is 9.92. The Morgan fingerprint density at radius 1 is 1.32 bits per heavy atom. The average Bonchev–Trinajstić information content (AvgIpc) is 2.97. The Hall–Kier alpha value is -1.47. The summed E-state index contributed by atoms with van der Waals surface area (Å²) in [6.45, 7) is 2.62. The standard InChI is InChI=1S/C18H22Cl2F3N2O8P/c1-8(2)3-4-9(14(28)18(21,22)23)5-10-6-25(17(30)24-15(10)29)16-13(27)12(26)11(33-16)7-32-34(19,20)31/h3,6,9,11-13,16,26-27H,4-5,7H2,1-2H3,(H,24,29,30)/t9?,11-,12?,13?,16-/m1/s1. The van der Waals surface area contributed by atoms with Gasteiger partial charge in [-0.3, -0.25) is 23.7 Å². The lowest BCUT2D eigenvalue weighted by Gasteiger charge is -2.20. The Labute approximate surface area is 200 Å². The Morgan fingerprint density at radius 3 is 2.47 bits per heavy atom. The molecule has 1 aliphatic heterocycles. The van der Waals surface area contributed by atoms with Crippen molar-refractivity contribution in [3.8, 4) is 0 Å². The fourth-order valence-corrected chi connectivity index (χ4v) is 3.93. The molecule has 16 heteroatoms. The van der Waals surface area contributed by atoms with E-state index in [9.17, 15) is 42.3 Å². The molecule has 5 atom stereocenters. The van der Waals surface area contributed by atoms with Crippen LogP contribution in [-0.4, -0.2) is 56.6 Å². The third-order valence-corrected chi connectivity index (χ3v) is 6.00. The van der Waals surface area contributed by atoms with Crippen molar-refractivity contribution in [2.75, 3.05) is 6.61 Å². The van der Waals surface area contributed by atoms with Crippen molar-refractivity contribution in [3.05, 3.63) is 44.2 Å². The highest BCUT2D eigenvalue weighted by Gasteiger charge is 2.46. The van der Waals surface area contributed by atoms with Gasteiger partial charge in [0, 0.05) is 17.7 Å². The van der Waals surface area contributed by atoms with Crippen LogP contribution in [0, 0.1) is 5.92 Å². The number of aliphatic hydroxyl groups excluding tert-OH is 2. The Morgan fingerprint density at radius 2 is 1.94 bits per heavy atom. The number of H-pyrrole nitrogens is 1. The first-order valence-electron chi connectivity index (χ1n) is 9.75. The molecule has 1 fully saturated rings. The molecule has 0 radical (unpaired) electrons. The van der Waals surface area contributed by atoms with Crippen molar-refractivity contribution in [1.29, 1.82) is 0 Å². The molecule has 0 amide bonds. The third kappa shape index (κ3) is 7.51. The van der Waals surface area contributed by atoms with Crippen molar-refractivity contribution >= 4 is 34.3 Å². The Kier molecular flexibility index (Phi) is 9.36. The summed E-state index contributed by atoms with van der Waals surface area (Å²) in [5.74, 6) is -3.69. The van der Waals surface area contributed by atoms with E-state index >= 15 is 0 Å². The van der Waals surface area contributed by atoms with Crippen molar-refractivity contribution < 1.29 is 42.0 Å². The van der Waals surface area contributed by atoms with Crippen molar-refractivity contribution in [3.63, 3.8) is 0 Å². The number of aromatic nitrogens is 2. The number of aliphatic hydroxyl groups is 2. The summed E-state index contributed by atoms with van der Waals surface area (Å²) in [6, 6.07) is 0. The first-order chi connectivity index (χ1) is 15.5. The van der Waals surface area contributed by atoms with E-state index in [0.717, 1.165) is 6.20 Å². The van der Waals surface area contributed by atoms with Crippen molar-refractivity contribution in [2.24, 2.45) is 5.92 Å². The number of ether oxygens (including phenoxy) is 1. The fourth-order valence-electron chi connectivity index (χ4n) is 3.28. The quantitative estimate of drug-likeness (QED) is 0.312. The molecule has 0 spiro atoms. The molecular weight excluding hydrogens is 531 g/mol. The lowest BCUT2D eigenvalue weighted by molar-refractivity contribution is -0.175.